The lowest BCUT2D eigenvalue weighted by atomic mass is 10.0. The topological polar surface area (TPSA) is 29.5 Å². The molecule has 0 amide bonds. The van der Waals surface area contributed by atoms with E-state index in [1.165, 1.54) is 0 Å². The fourth-order valence-corrected chi connectivity index (χ4v) is 2.71. The van der Waals surface area contributed by atoms with Crippen LogP contribution in [-0.4, -0.2) is 11.0 Å². The van der Waals surface area contributed by atoms with Crippen molar-refractivity contribution in [3.05, 3.63) is 0 Å². The summed E-state index contributed by atoms with van der Waals surface area (Å²) in [6.07, 6.45) is 4.23. The van der Waals surface area contributed by atoms with Gasteiger partial charge in [0.2, 0.25) is 5.69 Å². The quantitative estimate of drug-likeness (QED) is 0.537. The largest absolute Gasteiger partial charge is 0.338 e. The van der Waals surface area contributed by atoms with Gasteiger partial charge in [0.1, 0.15) is 0 Å². The third-order valence-corrected chi connectivity index (χ3v) is 3.01. The van der Waals surface area contributed by atoms with E-state index in [0.29, 0.717) is 5.92 Å². The van der Waals surface area contributed by atoms with E-state index in [-0.39, 0.29) is 6.10 Å². The van der Waals surface area contributed by atoms with Crippen molar-refractivity contribution in [3.8, 4) is 0 Å². The summed E-state index contributed by atoms with van der Waals surface area (Å²) in [5, 5.41) is 0. The lowest BCUT2D eigenvalue weighted by Crippen LogP contribution is -2.13. The van der Waals surface area contributed by atoms with E-state index in [0.717, 1.165) is 25.7 Å². The maximum Gasteiger partial charge on any atom is 0.241 e. The van der Waals surface area contributed by atoms with Crippen molar-refractivity contribution in [2.24, 2.45) is 5.92 Å². The minimum Gasteiger partial charge on any atom is -0.338 e. The number of hydrogen-bond acceptors (Lipinski definition) is 2. The molecule has 0 fully saturated rings. The van der Waals surface area contributed by atoms with Gasteiger partial charge in [-0.25, -0.2) is 0 Å². The van der Waals surface area contributed by atoms with Crippen LogP contribution in [-0.2, 0) is 16.3 Å². The predicted molar refractivity (Wildman–Crippen MR) is 69.3 cm³/mol. The minimum absolute atomic E-state index is 0.0725. The van der Waals surface area contributed by atoms with Crippen LogP contribution in [0.5, 0.6) is 0 Å². The molecule has 0 aliphatic carbocycles. The van der Waals surface area contributed by atoms with Crippen LogP contribution in [0.2, 0.25) is 0 Å². The highest BCUT2D eigenvalue weighted by molar-refractivity contribution is 8.59. The Labute approximate surface area is 97.8 Å². The molecule has 0 aliphatic rings. The van der Waals surface area contributed by atoms with Gasteiger partial charge in [-0.15, -0.1) is 0 Å². The first-order valence-electron chi connectivity index (χ1n) is 5.09. The van der Waals surface area contributed by atoms with E-state index in [4.69, 9.17) is 16.3 Å². The van der Waals surface area contributed by atoms with E-state index in [1.54, 1.807) is 0 Å². The highest BCUT2D eigenvalue weighted by atomic mass is 32.9. The second-order valence-corrected chi connectivity index (χ2v) is 9.11. The Kier molecular flexibility index (Phi) is 7.71. The maximum absolute atomic E-state index is 9.37. The standard InChI is InChI=1S/C9H21O2PS2/c1-4-5-6-9(7-8(2)3)11-12(10,13)14/h8-9H,4-7H2,1-3H3,(H2,10,13,14). The zero-order chi connectivity index (χ0) is 11.2. The van der Waals surface area contributed by atoms with Crippen LogP contribution in [0.1, 0.15) is 46.5 Å². The van der Waals surface area contributed by atoms with Crippen molar-refractivity contribution in [1.29, 1.82) is 0 Å². The van der Waals surface area contributed by atoms with Crippen LogP contribution in [0.3, 0.4) is 0 Å². The number of unbranched alkanes of at least 4 members (excludes halogenated alkanes) is 1. The fraction of sp³-hybridized carbons (Fsp3) is 1.00. The second-order valence-electron chi connectivity index (χ2n) is 3.99. The smallest absolute Gasteiger partial charge is 0.241 e. The van der Waals surface area contributed by atoms with Gasteiger partial charge in [-0.1, -0.05) is 45.9 Å². The van der Waals surface area contributed by atoms with Gasteiger partial charge in [-0.3, -0.25) is 0 Å². The molecule has 14 heavy (non-hydrogen) atoms. The number of rotatable bonds is 7. The van der Waals surface area contributed by atoms with Crippen LogP contribution >= 0.6 is 17.9 Å². The molecule has 0 aliphatic heterocycles. The van der Waals surface area contributed by atoms with Gasteiger partial charge in [-0.05, 0) is 30.6 Å². The Balaban J connectivity index is 4.03. The van der Waals surface area contributed by atoms with Crippen molar-refractivity contribution >= 4 is 29.7 Å². The predicted octanol–water partition coefficient (Wildman–Crippen LogP) is 3.75. The molecule has 0 bridgehead atoms. The molecule has 86 valence electrons. The van der Waals surface area contributed by atoms with E-state index < -0.39 is 5.69 Å². The molecule has 0 aromatic heterocycles. The zero-order valence-corrected chi connectivity index (χ0v) is 11.7. The van der Waals surface area contributed by atoms with Crippen LogP contribution in [0.4, 0.5) is 0 Å². The lowest BCUT2D eigenvalue weighted by molar-refractivity contribution is 0.168. The fourth-order valence-electron chi connectivity index (χ4n) is 1.37. The van der Waals surface area contributed by atoms with Crippen LogP contribution in [0.15, 0.2) is 0 Å². The van der Waals surface area contributed by atoms with Crippen molar-refractivity contribution in [2.45, 2.75) is 52.6 Å². The molecule has 2 nitrogen and oxygen atoms in total. The summed E-state index contributed by atoms with van der Waals surface area (Å²) < 4.78 is 5.40. The normalized spacial score (nSPS) is 18.1. The van der Waals surface area contributed by atoms with E-state index in [9.17, 15) is 4.89 Å². The highest BCUT2D eigenvalue weighted by Gasteiger charge is 2.17. The molecule has 0 saturated heterocycles. The maximum atomic E-state index is 9.37. The molecule has 0 heterocycles. The van der Waals surface area contributed by atoms with Crippen LogP contribution < -0.4 is 0 Å². The molecule has 5 heteroatoms. The summed E-state index contributed by atoms with van der Waals surface area (Å²) in [5.74, 6) is 0.562. The minimum atomic E-state index is -2.79. The van der Waals surface area contributed by atoms with Gasteiger partial charge in [0, 0.05) is 0 Å². The van der Waals surface area contributed by atoms with Crippen molar-refractivity contribution in [3.63, 3.8) is 0 Å². The molecule has 0 aromatic rings. The number of hydrogen-bond donors (Lipinski definition) is 2. The average molecular weight is 256 g/mol. The van der Waals surface area contributed by atoms with Gasteiger partial charge in [0.05, 0.1) is 6.10 Å². The molecule has 0 rings (SSSR count). The van der Waals surface area contributed by atoms with Gasteiger partial charge >= 0.3 is 0 Å². The van der Waals surface area contributed by atoms with Crippen molar-refractivity contribution < 1.29 is 9.42 Å². The molecular weight excluding hydrogens is 235 g/mol. The molecule has 1 N–H and O–H groups in total. The Morgan fingerprint density at radius 2 is 2.07 bits per heavy atom. The van der Waals surface area contributed by atoms with E-state index >= 15 is 0 Å². The Hall–Kier alpha value is 0.920. The SMILES string of the molecule is CCCCC(CC(C)C)OP(O)(=S)S. The summed E-state index contributed by atoms with van der Waals surface area (Å²) in [5.41, 5.74) is -2.79. The zero-order valence-electron chi connectivity index (χ0n) is 9.14. The molecular formula is C9H21O2PS2. The first-order chi connectivity index (χ1) is 6.35. The van der Waals surface area contributed by atoms with Crippen LogP contribution in [0.25, 0.3) is 0 Å². The van der Waals surface area contributed by atoms with Crippen molar-refractivity contribution in [2.75, 3.05) is 0 Å². The molecule has 0 spiro atoms. The summed E-state index contributed by atoms with van der Waals surface area (Å²) in [4.78, 5) is 9.37. The Morgan fingerprint density at radius 1 is 1.50 bits per heavy atom. The first kappa shape index (κ1) is 14.9. The summed E-state index contributed by atoms with van der Waals surface area (Å²) in [6, 6.07) is 0. The summed E-state index contributed by atoms with van der Waals surface area (Å²) in [6.45, 7) is 6.42. The third kappa shape index (κ3) is 9.47. The summed E-state index contributed by atoms with van der Waals surface area (Å²) >= 11 is 8.67. The van der Waals surface area contributed by atoms with Gasteiger partial charge in [-0.2, -0.15) is 0 Å². The molecule has 2 unspecified atom stereocenters. The summed E-state index contributed by atoms with van der Waals surface area (Å²) in [7, 11) is 0. The third-order valence-electron chi connectivity index (χ3n) is 1.90. The van der Waals surface area contributed by atoms with Gasteiger partial charge in [0.15, 0.2) is 0 Å². The molecule has 0 saturated carbocycles. The van der Waals surface area contributed by atoms with Crippen molar-refractivity contribution in [1.82, 2.24) is 0 Å². The van der Waals surface area contributed by atoms with E-state index in [1.807, 2.05) is 0 Å². The Bertz CT molecular complexity index is 191. The first-order valence-corrected chi connectivity index (χ1v) is 8.91. The van der Waals surface area contributed by atoms with Gasteiger partial charge < -0.3 is 9.42 Å². The second kappa shape index (κ2) is 7.24. The molecule has 0 aromatic carbocycles. The monoisotopic (exact) mass is 256 g/mol. The Morgan fingerprint density at radius 3 is 2.43 bits per heavy atom. The van der Waals surface area contributed by atoms with Gasteiger partial charge in [0.25, 0.3) is 0 Å². The molecule has 2 atom stereocenters. The average Bonchev–Trinajstić information content (AvgIpc) is 1.96. The van der Waals surface area contributed by atoms with E-state index in [2.05, 4.69) is 33.0 Å². The number of thiol groups is 1. The highest BCUT2D eigenvalue weighted by Crippen LogP contribution is 2.49. The lowest BCUT2D eigenvalue weighted by Gasteiger charge is -2.22. The van der Waals surface area contributed by atoms with Crippen LogP contribution in [0, 0.1) is 5.92 Å². The molecule has 0 radical (unpaired) electrons.